The summed E-state index contributed by atoms with van der Waals surface area (Å²) >= 11 is 0. The van der Waals surface area contributed by atoms with E-state index in [-0.39, 0.29) is 30.4 Å². The molecule has 0 radical (unpaired) electrons. The number of ether oxygens (including phenoxy) is 3. The molecule has 0 bridgehead atoms. The summed E-state index contributed by atoms with van der Waals surface area (Å²) in [5, 5.41) is 14.9. The third-order valence-corrected chi connectivity index (χ3v) is 3.62. The summed E-state index contributed by atoms with van der Waals surface area (Å²) in [6.45, 7) is 4.11. The molecular weight excluding hydrogens is 316 g/mol. The lowest BCUT2D eigenvalue weighted by Crippen LogP contribution is -2.51. The highest BCUT2D eigenvalue weighted by Gasteiger charge is 2.39. The fraction of sp³-hybridized carbons (Fsp3) is 0.375. The number of phenols is 1. The van der Waals surface area contributed by atoms with Gasteiger partial charge in [0, 0.05) is 12.8 Å². The highest BCUT2D eigenvalue weighted by molar-refractivity contribution is 5.85. The molecule has 1 saturated heterocycles. The molecule has 3 N–H and O–H groups in total. The van der Waals surface area contributed by atoms with Crippen LogP contribution < -0.4 is 15.4 Å². The van der Waals surface area contributed by atoms with Crippen molar-refractivity contribution in [1.82, 2.24) is 10.6 Å². The summed E-state index contributed by atoms with van der Waals surface area (Å²) in [7, 11) is 2.91. The second-order valence-electron chi connectivity index (χ2n) is 5.17. The summed E-state index contributed by atoms with van der Waals surface area (Å²) in [6.07, 6.45) is 0. The minimum absolute atomic E-state index is 0.0421. The molecule has 0 unspecified atom stereocenters. The Labute approximate surface area is 139 Å². The molecule has 1 aromatic carbocycles. The van der Waals surface area contributed by atoms with E-state index in [9.17, 15) is 14.7 Å². The molecular formula is C16H20N2O6. The third kappa shape index (κ3) is 3.77. The second-order valence-corrected chi connectivity index (χ2v) is 5.17. The molecule has 8 nitrogen and oxygen atoms in total. The average Bonchev–Trinajstić information content (AvgIpc) is 2.54. The lowest BCUT2D eigenvalue weighted by Gasteiger charge is -2.33. The number of benzene rings is 1. The molecule has 1 aliphatic rings. The number of urea groups is 1. The number of aromatic hydroxyl groups is 1. The minimum Gasteiger partial charge on any atom is -0.504 e. The van der Waals surface area contributed by atoms with Crippen LogP contribution in [0.25, 0.3) is 0 Å². The predicted molar refractivity (Wildman–Crippen MR) is 84.5 cm³/mol. The second kappa shape index (κ2) is 7.69. The summed E-state index contributed by atoms with van der Waals surface area (Å²) in [6, 6.07) is 3.40. The van der Waals surface area contributed by atoms with E-state index in [4.69, 9.17) is 14.2 Å². The van der Waals surface area contributed by atoms with Crippen LogP contribution in [0.4, 0.5) is 4.79 Å². The molecule has 2 atom stereocenters. The van der Waals surface area contributed by atoms with E-state index in [0.717, 1.165) is 0 Å². The lowest BCUT2D eigenvalue weighted by atomic mass is 9.89. The number of carbonyl (C=O) groups excluding carboxylic acids is 2. The minimum atomic E-state index is -0.825. The molecule has 2 amide bonds. The summed E-state index contributed by atoms with van der Waals surface area (Å²) in [4.78, 5) is 24.2. The van der Waals surface area contributed by atoms with Gasteiger partial charge in [0.1, 0.15) is 12.5 Å². The average molecular weight is 336 g/mol. The van der Waals surface area contributed by atoms with Crippen LogP contribution in [0.15, 0.2) is 30.5 Å². The highest BCUT2D eigenvalue weighted by Crippen LogP contribution is 2.35. The zero-order chi connectivity index (χ0) is 17.7. The molecule has 0 spiro atoms. The van der Waals surface area contributed by atoms with Crippen molar-refractivity contribution >= 4 is 12.0 Å². The van der Waals surface area contributed by atoms with Gasteiger partial charge in [-0.2, -0.15) is 0 Å². The third-order valence-electron chi connectivity index (χ3n) is 3.62. The molecule has 8 heteroatoms. The van der Waals surface area contributed by atoms with E-state index in [2.05, 4.69) is 17.2 Å². The smallest absolute Gasteiger partial charge is 0.319 e. The Morgan fingerprint density at radius 2 is 2.08 bits per heavy atom. The number of rotatable bonds is 6. The van der Waals surface area contributed by atoms with Gasteiger partial charge in [0.25, 0.3) is 0 Å². The van der Waals surface area contributed by atoms with Crippen LogP contribution in [0.5, 0.6) is 11.5 Å². The molecule has 1 aromatic rings. The molecule has 0 aromatic heterocycles. The molecule has 1 aliphatic heterocycles. The van der Waals surface area contributed by atoms with Crippen LogP contribution >= 0.6 is 0 Å². The number of esters is 1. The summed E-state index contributed by atoms with van der Waals surface area (Å²) in [5.74, 6) is -1.17. The number of hydrogen-bond acceptors (Lipinski definition) is 6. The van der Waals surface area contributed by atoms with Crippen molar-refractivity contribution in [2.45, 2.75) is 6.04 Å². The van der Waals surface area contributed by atoms with Crippen molar-refractivity contribution in [2.24, 2.45) is 5.92 Å². The quantitative estimate of drug-likeness (QED) is 0.530. The SMILES string of the molecule is C=C1NC(=O)N[C@H](c2ccc(O)c(OC)c2)[C@H]1C(=O)OCCOC. The topological polar surface area (TPSA) is 106 Å². The van der Waals surface area contributed by atoms with Gasteiger partial charge in [-0.3, -0.25) is 4.79 Å². The lowest BCUT2D eigenvalue weighted by molar-refractivity contribution is -0.149. The first-order valence-electron chi connectivity index (χ1n) is 7.26. The number of nitrogens with one attached hydrogen (secondary N) is 2. The number of hydrogen-bond donors (Lipinski definition) is 3. The molecule has 24 heavy (non-hydrogen) atoms. The van der Waals surface area contributed by atoms with Gasteiger partial charge >= 0.3 is 12.0 Å². The van der Waals surface area contributed by atoms with Gasteiger partial charge in [0.05, 0.1) is 19.8 Å². The van der Waals surface area contributed by atoms with Gasteiger partial charge in [0.15, 0.2) is 11.5 Å². The van der Waals surface area contributed by atoms with E-state index in [1.807, 2.05) is 0 Å². The van der Waals surface area contributed by atoms with Crippen LogP contribution in [0, 0.1) is 5.92 Å². The van der Waals surface area contributed by atoms with Gasteiger partial charge in [-0.15, -0.1) is 0 Å². The van der Waals surface area contributed by atoms with Gasteiger partial charge in [0.2, 0.25) is 0 Å². The Morgan fingerprint density at radius 1 is 1.33 bits per heavy atom. The first-order valence-corrected chi connectivity index (χ1v) is 7.26. The Bertz CT molecular complexity index is 645. The maximum absolute atomic E-state index is 12.4. The first-order chi connectivity index (χ1) is 11.5. The molecule has 1 heterocycles. The fourth-order valence-electron chi connectivity index (χ4n) is 2.44. The summed E-state index contributed by atoms with van der Waals surface area (Å²) in [5.41, 5.74) is 0.813. The van der Waals surface area contributed by atoms with Crippen LogP contribution in [-0.4, -0.2) is 44.5 Å². The van der Waals surface area contributed by atoms with E-state index >= 15 is 0 Å². The highest BCUT2D eigenvalue weighted by atomic mass is 16.6. The Balaban J connectivity index is 2.30. The fourth-order valence-corrected chi connectivity index (χ4v) is 2.44. The van der Waals surface area contributed by atoms with Gasteiger partial charge < -0.3 is 30.0 Å². The zero-order valence-corrected chi connectivity index (χ0v) is 13.5. The van der Waals surface area contributed by atoms with Crippen molar-refractivity contribution in [3.05, 3.63) is 36.0 Å². The number of methoxy groups -OCH3 is 2. The van der Waals surface area contributed by atoms with E-state index < -0.39 is 24.0 Å². The van der Waals surface area contributed by atoms with Crippen molar-refractivity contribution in [1.29, 1.82) is 0 Å². The molecule has 130 valence electrons. The normalized spacial score (nSPS) is 20.1. The number of phenolic OH excluding ortho intramolecular Hbond substituents is 1. The van der Waals surface area contributed by atoms with Crippen molar-refractivity contribution in [3.8, 4) is 11.5 Å². The van der Waals surface area contributed by atoms with Crippen molar-refractivity contribution < 1.29 is 28.9 Å². The van der Waals surface area contributed by atoms with Crippen molar-refractivity contribution in [3.63, 3.8) is 0 Å². The van der Waals surface area contributed by atoms with Gasteiger partial charge in [-0.25, -0.2) is 4.79 Å². The van der Waals surface area contributed by atoms with E-state index in [1.165, 1.54) is 20.3 Å². The molecule has 2 rings (SSSR count). The Hall–Kier alpha value is -2.74. The largest absolute Gasteiger partial charge is 0.504 e. The number of amides is 2. The monoisotopic (exact) mass is 336 g/mol. The molecule has 0 aliphatic carbocycles. The van der Waals surface area contributed by atoms with Crippen LogP contribution in [0.3, 0.4) is 0 Å². The van der Waals surface area contributed by atoms with E-state index in [0.29, 0.717) is 5.56 Å². The van der Waals surface area contributed by atoms with E-state index in [1.54, 1.807) is 12.1 Å². The van der Waals surface area contributed by atoms with Gasteiger partial charge in [-0.1, -0.05) is 12.6 Å². The maximum Gasteiger partial charge on any atom is 0.319 e. The Kier molecular flexibility index (Phi) is 5.64. The number of carbonyl (C=O) groups is 2. The van der Waals surface area contributed by atoms with Crippen LogP contribution in [0.2, 0.25) is 0 Å². The zero-order valence-electron chi connectivity index (χ0n) is 13.5. The maximum atomic E-state index is 12.4. The predicted octanol–water partition coefficient (Wildman–Crippen LogP) is 1.07. The van der Waals surface area contributed by atoms with Crippen LogP contribution in [0.1, 0.15) is 11.6 Å². The standard InChI is InChI=1S/C16H20N2O6/c1-9-13(15(20)24-7-6-22-2)14(18-16(21)17-9)10-4-5-11(19)12(8-10)23-3/h4-5,8,13-14,19H,1,6-7H2,2-3H3,(H2,17,18,21)/t13-,14+/m0/s1. The molecule has 1 fully saturated rings. The van der Waals surface area contributed by atoms with Gasteiger partial charge in [-0.05, 0) is 17.7 Å². The first kappa shape index (κ1) is 17.6. The van der Waals surface area contributed by atoms with Crippen LogP contribution in [-0.2, 0) is 14.3 Å². The Morgan fingerprint density at radius 3 is 2.75 bits per heavy atom. The van der Waals surface area contributed by atoms with Crippen molar-refractivity contribution in [2.75, 3.05) is 27.4 Å². The molecule has 0 saturated carbocycles. The summed E-state index contributed by atoms with van der Waals surface area (Å²) < 4.78 is 15.1.